The number of halogens is 3. The Hall–Kier alpha value is -2.11. The summed E-state index contributed by atoms with van der Waals surface area (Å²) in [6.45, 7) is 0. The highest BCUT2D eigenvalue weighted by Crippen LogP contribution is 2.31. The summed E-state index contributed by atoms with van der Waals surface area (Å²) in [6.07, 6.45) is -3.29. The zero-order valence-electron chi connectivity index (χ0n) is 8.32. The number of aromatic nitrogens is 1. The van der Waals surface area contributed by atoms with Crippen LogP contribution in [0.25, 0.3) is 10.9 Å². The standard InChI is InChI=1S/C11H6F3NO2/c12-11(13,14)6-1-2-7-8(10(16)17)3-4-15-9(7)5-6/h1-5H,(H,16,17). The van der Waals surface area contributed by atoms with Crippen molar-refractivity contribution >= 4 is 16.9 Å². The van der Waals surface area contributed by atoms with Crippen molar-refractivity contribution in [3.63, 3.8) is 0 Å². The molecule has 0 saturated carbocycles. The molecule has 3 nitrogen and oxygen atoms in total. The molecule has 0 atom stereocenters. The number of aromatic carboxylic acids is 1. The fraction of sp³-hybridized carbons (Fsp3) is 0.0909. The highest BCUT2D eigenvalue weighted by molar-refractivity contribution is 6.02. The van der Waals surface area contributed by atoms with Gasteiger partial charge < -0.3 is 5.11 Å². The molecule has 17 heavy (non-hydrogen) atoms. The Balaban J connectivity index is 2.69. The van der Waals surface area contributed by atoms with Gasteiger partial charge in [0.25, 0.3) is 0 Å². The second-order valence-corrected chi connectivity index (χ2v) is 3.39. The summed E-state index contributed by atoms with van der Waals surface area (Å²) >= 11 is 0. The van der Waals surface area contributed by atoms with E-state index in [9.17, 15) is 18.0 Å². The molecule has 0 aliphatic heterocycles. The Labute approximate surface area is 93.5 Å². The van der Waals surface area contributed by atoms with Crippen LogP contribution in [0.1, 0.15) is 15.9 Å². The molecule has 1 N–H and O–H groups in total. The summed E-state index contributed by atoms with van der Waals surface area (Å²) in [5.41, 5.74) is -0.900. The van der Waals surface area contributed by atoms with Gasteiger partial charge in [-0.15, -0.1) is 0 Å². The first-order valence-corrected chi connectivity index (χ1v) is 4.59. The van der Waals surface area contributed by atoms with Gasteiger partial charge in [-0.1, -0.05) is 6.07 Å². The molecule has 1 aromatic carbocycles. The number of rotatable bonds is 1. The van der Waals surface area contributed by atoms with Crippen LogP contribution in [0.15, 0.2) is 30.5 Å². The molecule has 88 valence electrons. The predicted molar refractivity (Wildman–Crippen MR) is 53.7 cm³/mol. The zero-order chi connectivity index (χ0) is 12.6. The number of pyridine rings is 1. The van der Waals surface area contributed by atoms with Crippen molar-refractivity contribution in [1.82, 2.24) is 4.98 Å². The molecule has 2 rings (SSSR count). The lowest BCUT2D eigenvalue weighted by Crippen LogP contribution is -2.05. The smallest absolute Gasteiger partial charge is 0.416 e. The number of nitrogens with zero attached hydrogens (tertiary/aromatic N) is 1. The Morgan fingerprint density at radius 2 is 1.94 bits per heavy atom. The van der Waals surface area contributed by atoms with E-state index < -0.39 is 17.7 Å². The van der Waals surface area contributed by atoms with Gasteiger partial charge in [0, 0.05) is 11.6 Å². The summed E-state index contributed by atoms with van der Waals surface area (Å²) in [7, 11) is 0. The third kappa shape index (κ3) is 2.06. The molecule has 0 aliphatic rings. The molecule has 0 amide bonds. The van der Waals surface area contributed by atoms with Gasteiger partial charge in [0.15, 0.2) is 0 Å². The quantitative estimate of drug-likeness (QED) is 0.835. The number of fused-ring (bicyclic) bond motifs is 1. The van der Waals surface area contributed by atoms with Crippen molar-refractivity contribution in [3.8, 4) is 0 Å². The summed E-state index contributed by atoms with van der Waals surface area (Å²) in [5.74, 6) is -1.20. The average molecular weight is 241 g/mol. The van der Waals surface area contributed by atoms with Crippen LogP contribution in [-0.2, 0) is 6.18 Å². The average Bonchev–Trinajstić information content (AvgIpc) is 2.26. The van der Waals surface area contributed by atoms with Crippen LogP contribution in [0.4, 0.5) is 13.2 Å². The fourth-order valence-electron chi connectivity index (χ4n) is 1.51. The first-order valence-electron chi connectivity index (χ1n) is 4.59. The van der Waals surface area contributed by atoms with E-state index in [0.29, 0.717) is 0 Å². The van der Waals surface area contributed by atoms with Crippen molar-refractivity contribution in [1.29, 1.82) is 0 Å². The van der Waals surface area contributed by atoms with Gasteiger partial charge in [-0.2, -0.15) is 13.2 Å². The summed E-state index contributed by atoms with van der Waals surface area (Å²) < 4.78 is 37.3. The Kier molecular flexibility index (Phi) is 2.49. The number of carboxylic acids is 1. The fourth-order valence-corrected chi connectivity index (χ4v) is 1.51. The molecule has 0 fully saturated rings. The molecular weight excluding hydrogens is 235 g/mol. The van der Waals surface area contributed by atoms with E-state index in [1.54, 1.807) is 0 Å². The third-order valence-electron chi connectivity index (χ3n) is 2.30. The normalized spacial score (nSPS) is 11.7. The lowest BCUT2D eigenvalue weighted by molar-refractivity contribution is -0.137. The first kappa shape index (κ1) is 11.4. The van der Waals surface area contributed by atoms with E-state index in [1.807, 2.05) is 0 Å². The van der Waals surface area contributed by atoms with Crippen LogP contribution in [0.5, 0.6) is 0 Å². The number of hydrogen-bond acceptors (Lipinski definition) is 2. The van der Waals surface area contributed by atoms with Gasteiger partial charge in [-0.25, -0.2) is 4.79 Å². The van der Waals surface area contributed by atoms with Gasteiger partial charge >= 0.3 is 12.1 Å². The first-order chi connectivity index (χ1) is 7.89. The topological polar surface area (TPSA) is 50.2 Å². The highest BCUT2D eigenvalue weighted by atomic mass is 19.4. The van der Waals surface area contributed by atoms with Crippen molar-refractivity contribution < 1.29 is 23.1 Å². The minimum Gasteiger partial charge on any atom is -0.478 e. The van der Waals surface area contributed by atoms with E-state index in [4.69, 9.17) is 5.11 Å². The van der Waals surface area contributed by atoms with Gasteiger partial charge in [-0.05, 0) is 18.2 Å². The molecule has 0 aliphatic carbocycles. The molecule has 0 radical (unpaired) electrons. The van der Waals surface area contributed by atoms with Crippen molar-refractivity contribution in [3.05, 3.63) is 41.6 Å². The Bertz CT molecular complexity index is 593. The zero-order valence-corrected chi connectivity index (χ0v) is 8.32. The van der Waals surface area contributed by atoms with Gasteiger partial charge in [0.2, 0.25) is 0 Å². The van der Waals surface area contributed by atoms with Crippen LogP contribution in [0.3, 0.4) is 0 Å². The molecule has 1 aromatic heterocycles. The lowest BCUT2D eigenvalue weighted by Gasteiger charge is -2.08. The maximum Gasteiger partial charge on any atom is 0.416 e. The monoisotopic (exact) mass is 241 g/mol. The summed E-state index contributed by atoms with van der Waals surface area (Å²) in [6, 6.07) is 4.05. The molecule has 0 saturated heterocycles. The molecule has 2 aromatic rings. The van der Waals surface area contributed by atoms with Crippen LogP contribution in [-0.4, -0.2) is 16.1 Å². The Morgan fingerprint density at radius 3 is 2.53 bits per heavy atom. The van der Waals surface area contributed by atoms with E-state index in [2.05, 4.69) is 4.98 Å². The highest BCUT2D eigenvalue weighted by Gasteiger charge is 2.30. The van der Waals surface area contributed by atoms with Crippen molar-refractivity contribution in [2.45, 2.75) is 6.18 Å². The number of hydrogen-bond donors (Lipinski definition) is 1. The second kappa shape index (κ2) is 3.73. The van der Waals surface area contributed by atoms with Crippen LogP contribution in [0, 0.1) is 0 Å². The largest absolute Gasteiger partial charge is 0.478 e. The van der Waals surface area contributed by atoms with E-state index in [0.717, 1.165) is 18.2 Å². The maximum absolute atomic E-state index is 12.4. The van der Waals surface area contributed by atoms with Crippen molar-refractivity contribution in [2.75, 3.05) is 0 Å². The predicted octanol–water partition coefficient (Wildman–Crippen LogP) is 2.95. The van der Waals surface area contributed by atoms with E-state index >= 15 is 0 Å². The summed E-state index contributed by atoms with van der Waals surface area (Å²) in [4.78, 5) is 14.6. The summed E-state index contributed by atoms with van der Waals surface area (Å²) in [5, 5.41) is 9.05. The van der Waals surface area contributed by atoms with E-state index in [-0.39, 0.29) is 16.5 Å². The number of benzene rings is 1. The van der Waals surface area contributed by atoms with Gasteiger partial charge in [0.1, 0.15) is 0 Å². The molecule has 1 heterocycles. The van der Waals surface area contributed by atoms with Crippen LogP contribution >= 0.6 is 0 Å². The Morgan fingerprint density at radius 1 is 1.24 bits per heavy atom. The van der Waals surface area contributed by atoms with Gasteiger partial charge in [-0.3, -0.25) is 4.98 Å². The van der Waals surface area contributed by atoms with Crippen molar-refractivity contribution in [2.24, 2.45) is 0 Å². The molecule has 0 bridgehead atoms. The molecule has 0 unspecified atom stereocenters. The number of alkyl halides is 3. The number of carbonyl (C=O) groups is 1. The van der Waals surface area contributed by atoms with E-state index in [1.165, 1.54) is 12.3 Å². The molecule has 6 heteroatoms. The van der Waals surface area contributed by atoms with Crippen LogP contribution < -0.4 is 0 Å². The lowest BCUT2D eigenvalue weighted by atomic mass is 10.1. The minimum atomic E-state index is -4.46. The number of carboxylic acid groups (broad SMARTS) is 1. The van der Waals surface area contributed by atoms with Crippen LogP contribution in [0.2, 0.25) is 0 Å². The second-order valence-electron chi connectivity index (χ2n) is 3.39. The molecule has 0 spiro atoms. The van der Waals surface area contributed by atoms with Gasteiger partial charge in [0.05, 0.1) is 16.6 Å². The minimum absolute atomic E-state index is 0.0136. The third-order valence-corrected chi connectivity index (χ3v) is 2.30. The SMILES string of the molecule is O=C(O)c1ccnc2cc(C(F)(F)F)ccc12. The maximum atomic E-state index is 12.4. The molecular formula is C11H6F3NO2.